The van der Waals surface area contributed by atoms with Gasteiger partial charge in [-0.3, -0.25) is 9.59 Å². The van der Waals surface area contributed by atoms with Crippen molar-refractivity contribution in [3.8, 4) is 34.6 Å². The van der Waals surface area contributed by atoms with Gasteiger partial charge in [-0.05, 0) is 77.4 Å². The molecule has 1 fully saturated rings. The molecule has 1 aromatic heterocycles. The van der Waals surface area contributed by atoms with Crippen molar-refractivity contribution in [1.82, 2.24) is 24.7 Å². The molecule has 0 radical (unpaired) electrons. The third kappa shape index (κ3) is 10.4. The fourth-order valence-corrected chi connectivity index (χ4v) is 6.42. The number of benzene rings is 3. The fraction of sp³-hybridized carbons (Fsp3) is 0.429. The molecule has 4 aromatic rings. The van der Waals surface area contributed by atoms with E-state index in [1.807, 2.05) is 52.8 Å². The molecule has 14 nitrogen and oxygen atoms in total. The summed E-state index contributed by atoms with van der Waals surface area (Å²) in [5, 5.41) is 6.23. The molecular formula is C42H55N7O7. The number of ether oxygens (including phenoxy) is 5. The summed E-state index contributed by atoms with van der Waals surface area (Å²) in [6.07, 6.45) is 2.25. The van der Waals surface area contributed by atoms with Crippen molar-refractivity contribution in [2.75, 3.05) is 90.9 Å². The number of carbonyl (C=O) groups excluding carboxylic acids is 2. The number of nitrogens with zero attached hydrogens (tertiary/aromatic N) is 5. The van der Waals surface area contributed by atoms with Crippen molar-refractivity contribution in [2.24, 2.45) is 0 Å². The van der Waals surface area contributed by atoms with Gasteiger partial charge >= 0.3 is 0 Å². The topological polar surface area (TPSA) is 140 Å². The molecule has 14 heteroatoms. The molecule has 3 aromatic carbocycles. The van der Waals surface area contributed by atoms with Gasteiger partial charge in [-0.15, -0.1) is 0 Å². The van der Waals surface area contributed by atoms with Gasteiger partial charge in [0, 0.05) is 81.1 Å². The Morgan fingerprint density at radius 3 is 2.23 bits per heavy atom. The van der Waals surface area contributed by atoms with Crippen LogP contribution in [-0.4, -0.2) is 117 Å². The summed E-state index contributed by atoms with van der Waals surface area (Å²) in [6, 6.07) is 14.3. The molecule has 0 saturated carbocycles. The number of methoxy groups -OCH3 is 2. The molecule has 0 bridgehead atoms. The lowest BCUT2D eigenvalue weighted by Gasteiger charge is -2.32. The molecule has 1 aliphatic heterocycles. The molecule has 2 amide bonds. The zero-order valence-electron chi connectivity index (χ0n) is 33.9. The summed E-state index contributed by atoms with van der Waals surface area (Å²) in [5.74, 6) is 1.53. The maximum absolute atomic E-state index is 13.9. The van der Waals surface area contributed by atoms with Crippen LogP contribution in [0.25, 0.3) is 0 Å². The molecule has 1 saturated heterocycles. The Hall–Kier alpha value is -5.60. The third-order valence-corrected chi connectivity index (χ3v) is 9.64. The number of amides is 2. The van der Waals surface area contributed by atoms with Crippen LogP contribution in [0.5, 0.6) is 34.6 Å². The van der Waals surface area contributed by atoms with Crippen molar-refractivity contribution in [1.29, 1.82) is 0 Å². The average molecular weight is 770 g/mol. The number of anilines is 3. The highest BCUT2D eigenvalue weighted by Gasteiger charge is 2.23. The highest BCUT2D eigenvalue weighted by atomic mass is 16.5. The predicted octanol–water partition coefficient (Wildman–Crippen LogP) is 6.80. The Morgan fingerprint density at radius 1 is 0.857 bits per heavy atom. The molecule has 0 spiro atoms. The number of aromatic nitrogens is 2. The second-order valence-electron chi connectivity index (χ2n) is 13.5. The van der Waals surface area contributed by atoms with Crippen molar-refractivity contribution in [3.05, 3.63) is 77.0 Å². The zero-order chi connectivity index (χ0) is 40.2. The van der Waals surface area contributed by atoms with E-state index in [1.165, 1.54) is 6.20 Å². The average Bonchev–Trinajstić information content (AvgIpc) is 3.19. The number of hydrogen-bond donors (Lipinski definition) is 2. The molecule has 2 heterocycles. The fourth-order valence-electron chi connectivity index (χ4n) is 6.42. The van der Waals surface area contributed by atoms with E-state index in [2.05, 4.69) is 37.4 Å². The predicted molar refractivity (Wildman–Crippen MR) is 218 cm³/mol. The van der Waals surface area contributed by atoms with Gasteiger partial charge in [0.1, 0.15) is 5.56 Å². The second kappa shape index (κ2) is 19.8. The smallest absolute Gasteiger partial charge is 0.262 e. The number of carbonyl (C=O) groups is 2. The SMILES string of the molecule is CCOc1cc(C(=O)N(CC)CC)ccc1Oc1nc(Nc2cc(OC)c(OC)c(OCCCN3CCN(C)CC3)c2)ncc1C(=O)Nc1c(C)cccc1C. The van der Waals surface area contributed by atoms with Gasteiger partial charge in [-0.2, -0.15) is 4.98 Å². The minimum atomic E-state index is -0.464. The van der Waals surface area contributed by atoms with Crippen LogP contribution in [0.3, 0.4) is 0 Å². The van der Waals surface area contributed by atoms with Crippen LogP contribution in [0.15, 0.2) is 54.7 Å². The summed E-state index contributed by atoms with van der Waals surface area (Å²) in [4.78, 5) is 42.8. The minimum absolute atomic E-state index is 0.0316. The van der Waals surface area contributed by atoms with Gasteiger partial charge in [0.05, 0.1) is 27.4 Å². The monoisotopic (exact) mass is 769 g/mol. The molecule has 0 atom stereocenters. The lowest BCUT2D eigenvalue weighted by atomic mass is 10.1. The quantitative estimate of drug-likeness (QED) is 0.103. The van der Waals surface area contributed by atoms with Crippen molar-refractivity contribution in [3.63, 3.8) is 0 Å². The molecular weight excluding hydrogens is 715 g/mol. The van der Waals surface area contributed by atoms with Crippen LogP contribution in [0.1, 0.15) is 59.0 Å². The van der Waals surface area contributed by atoms with Crippen LogP contribution >= 0.6 is 0 Å². The molecule has 0 aliphatic carbocycles. The van der Waals surface area contributed by atoms with E-state index < -0.39 is 5.91 Å². The normalized spacial score (nSPS) is 13.1. The number of rotatable bonds is 18. The molecule has 1 aliphatic rings. The van der Waals surface area contributed by atoms with Crippen LogP contribution in [0, 0.1) is 13.8 Å². The Morgan fingerprint density at radius 2 is 1.57 bits per heavy atom. The molecule has 56 heavy (non-hydrogen) atoms. The Balaban J connectivity index is 1.46. The summed E-state index contributed by atoms with van der Waals surface area (Å²) in [5.41, 5.74) is 3.58. The number of hydrogen-bond acceptors (Lipinski definition) is 12. The number of piperazine rings is 1. The van der Waals surface area contributed by atoms with Gasteiger partial charge in [0.25, 0.3) is 11.8 Å². The second-order valence-corrected chi connectivity index (χ2v) is 13.5. The van der Waals surface area contributed by atoms with Crippen LogP contribution in [0.2, 0.25) is 0 Å². The Labute approximate surface area is 330 Å². The summed E-state index contributed by atoms with van der Waals surface area (Å²) in [7, 11) is 5.27. The Bertz CT molecular complexity index is 1940. The number of aryl methyl sites for hydroxylation is 2. The van der Waals surface area contributed by atoms with Gasteiger partial charge < -0.3 is 49.0 Å². The number of nitrogens with one attached hydrogen (secondary N) is 2. The minimum Gasteiger partial charge on any atom is -0.493 e. The first kappa shape index (κ1) is 41.6. The largest absolute Gasteiger partial charge is 0.493 e. The summed E-state index contributed by atoms with van der Waals surface area (Å²) < 4.78 is 29.9. The number of likely N-dealkylation sites (N-methyl/N-ethyl adjacent to an activating group) is 1. The highest BCUT2D eigenvalue weighted by Crippen LogP contribution is 2.41. The van der Waals surface area contributed by atoms with Crippen molar-refractivity contribution >= 4 is 29.1 Å². The molecule has 0 unspecified atom stereocenters. The van der Waals surface area contributed by atoms with E-state index in [1.54, 1.807) is 49.5 Å². The summed E-state index contributed by atoms with van der Waals surface area (Å²) in [6.45, 7) is 16.6. The molecule has 5 rings (SSSR count). The van der Waals surface area contributed by atoms with E-state index >= 15 is 0 Å². The first-order chi connectivity index (χ1) is 27.1. The van der Waals surface area contributed by atoms with E-state index in [-0.39, 0.29) is 29.0 Å². The molecule has 2 N–H and O–H groups in total. The Kier molecular flexibility index (Phi) is 14.7. The van der Waals surface area contributed by atoms with Crippen LogP contribution in [-0.2, 0) is 0 Å². The van der Waals surface area contributed by atoms with Crippen molar-refractivity contribution in [2.45, 2.75) is 41.0 Å². The van der Waals surface area contributed by atoms with Crippen molar-refractivity contribution < 1.29 is 33.3 Å². The van der Waals surface area contributed by atoms with Gasteiger partial charge in [-0.25, -0.2) is 4.98 Å². The van der Waals surface area contributed by atoms with E-state index in [9.17, 15) is 9.59 Å². The lowest BCUT2D eigenvalue weighted by Crippen LogP contribution is -2.44. The maximum Gasteiger partial charge on any atom is 0.262 e. The molecule has 300 valence electrons. The zero-order valence-corrected chi connectivity index (χ0v) is 33.9. The first-order valence-corrected chi connectivity index (χ1v) is 19.1. The standard InChI is InChI=1S/C42H55N7O7/c1-9-49(10-2)41(51)30-16-17-33(34(24-30)54-11-3)56-40-32(39(50)45-37-28(4)14-12-15-29(37)5)27-43-42(46-40)44-31-25-35(52-7)38(53-8)36(26-31)55-23-13-18-48-21-19-47(6)20-22-48/h12,14-17,24-27H,9-11,13,18-23H2,1-8H3,(H,45,50)(H,43,44,46). The summed E-state index contributed by atoms with van der Waals surface area (Å²) >= 11 is 0. The van der Waals surface area contributed by atoms with Gasteiger partial charge in [0.15, 0.2) is 23.0 Å². The first-order valence-electron chi connectivity index (χ1n) is 19.1. The van der Waals surface area contributed by atoms with Crippen LogP contribution in [0.4, 0.5) is 17.3 Å². The van der Waals surface area contributed by atoms with Gasteiger partial charge in [0.2, 0.25) is 17.6 Å². The van der Waals surface area contributed by atoms with Crippen LogP contribution < -0.4 is 34.3 Å². The number of para-hydroxylation sites is 1. The third-order valence-electron chi connectivity index (χ3n) is 9.64. The van der Waals surface area contributed by atoms with Gasteiger partial charge in [-0.1, -0.05) is 18.2 Å². The van der Waals surface area contributed by atoms with E-state index in [0.717, 1.165) is 50.3 Å². The maximum atomic E-state index is 13.9. The highest BCUT2D eigenvalue weighted by molar-refractivity contribution is 6.06. The van der Waals surface area contributed by atoms with E-state index in [0.29, 0.717) is 66.2 Å². The van der Waals surface area contributed by atoms with E-state index in [4.69, 9.17) is 23.7 Å². The lowest BCUT2D eigenvalue weighted by molar-refractivity contribution is 0.0772.